The van der Waals surface area contributed by atoms with Crippen LogP contribution in [-0.4, -0.2) is 21.0 Å². The lowest BCUT2D eigenvalue weighted by Crippen LogP contribution is -2.10. The number of carbonyl (C=O) groups is 1. The van der Waals surface area contributed by atoms with E-state index in [9.17, 15) is 19.9 Å². The zero-order chi connectivity index (χ0) is 16.3. The summed E-state index contributed by atoms with van der Waals surface area (Å²) in [5.74, 6) is -2.04. The van der Waals surface area contributed by atoms with Gasteiger partial charge < -0.3 is 15.9 Å². The van der Waals surface area contributed by atoms with Gasteiger partial charge in [-0.25, -0.2) is 4.98 Å². The summed E-state index contributed by atoms with van der Waals surface area (Å²) in [6.45, 7) is 0. The zero-order valence-electron chi connectivity index (χ0n) is 10.8. The Kier molecular flexibility index (Phi) is 4.15. The van der Waals surface area contributed by atoms with E-state index < -0.39 is 28.5 Å². The molecule has 0 bridgehead atoms. The van der Waals surface area contributed by atoms with E-state index in [4.69, 9.17) is 11.0 Å². The molecule has 0 atom stereocenters. The number of phenolic OH excluding ortho intramolecular Hbond substituents is 2. The second-order valence-corrected chi connectivity index (χ2v) is 4.78. The molecule has 1 aromatic heterocycles. The van der Waals surface area contributed by atoms with Gasteiger partial charge >= 0.3 is 0 Å². The van der Waals surface area contributed by atoms with Gasteiger partial charge in [0.05, 0.1) is 11.2 Å². The van der Waals surface area contributed by atoms with Crippen molar-refractivity contribution in [2.75, 3.05) is 0 Å². The lowest BCUT2D eigenvalue weighted by molar-refractivity contribution is 0.103. The Morgan fingerprint density at radius 1 is 1.41 bits per heavy atom. The van der Waals surface area contributed by atoms with E-state index >= 15 is 0 Å². The highest BCUT2D eigenvalue weighted by Crippen LogP contribution is 2.38. The number of nitrogens with zero attached hydrogens (tertiary/aromatic N) is 3. The van der Waals surface area contributed by atoms with Crippen molar-refractivity contribution in [2.24, 2.45) is 10.9 Å². The molecule has 0 spiro atoms. The SMILES string of the molecule is N#C/C(C(=O)c1cscn1)=C(/N)c1cc(O)c(O)c(N=O)c1. The summed E-state index contributed by atoms with van der Waals surface area (Å²) in [5.41, 5.74) is 6.15. The minimum Gasteiger partial charge on any atom is -0.504 e. The third-order valence-electron chi connectivity index (χ3n) is 2.75. The molecule has 0 fully saturated rings. The number of hydrogen-bond donors (Lipinski definition) is 3. The number of carbonyl (C=O) groups excluding carboxylic acids is 1. The maximum Gasteiger partial charge on any atom is 0.224 e. The number of nitrogens with two attached hydrogens (primary N) is 1. The van der Waals surface area contributed by atoms with Crippen LogP contribution in [0.5, 0.6) is 11.5 Å². The second-order valence-electron chi connectivity index (χ2n) is 4.06. The molecule has 0 aliphatic carbocycles. The minimum atomic E-state index is -0.712. The van der Waals surface area contributed by atoms with E-state index in [0.717, 1.165) is 12.1 Å². The van der Waals surface area contributed by atoms with E-state index in [1.165, 1.54) is 22.2 Å². The normalized spacial score (nSPS) is 11.4. The summed E-state index contributed by atoms with van der Waals surface area (Å²) in [4.78, 5) is 26.5. The van der Waals surface area contributed by atoms with Crippen molar-refractivity contribution < 1.29 is 15.0 Å². The first-order chi connectivity index (χ1) is 10.5. The van der Waals surface area contributed by atoms with E-state index in [1.54, 1.807) is 6.07 Å². The van der Waals surface area contributed by atoms with Crippen LogP contribution in [0.1, 0.15) is 16.1 Å². The van der Waals surface area contributed by atoms with Crippen LogP contribution >= 0.6 is 11.3 Å². The quantitative estimate of drug-likeness (QED) is 0.257. The van der Waals surface area contributed by atoms with Crippen molar-refractivity contribution in [3.05, 3.63) is 44.8 Å². The van der Waals surface area contributed by atoms with E-state index in [2.05, 4.69) is 10.2 Å². The third kappa shape index (κ3) is 2.63. The van der Waals surface area contributed by atoms with Crippen molar-refractivity contribution in [3.8, 4) is 17.6 Å². The number of aromatic nitrogens is 1. The van der Waals surface area contributed by atoms with Gasteiger partial charge in [-0.3, -0.25) is 4.79 Å². The number of phenols is 2. The number of thiazole rings is 1. The standard InChI is InChI=1S/C13H8N4O4S/c14-3-7(12(19)9-4-22-5-16-9)11(15)6-1-8(17-21)13(20)10(18)2-6/h1-2,4-5,18,20H,15H2/b11-7-. The van der Waals surface area contributed by atoms with Gasteiger partial charge in [-0.05, 0) is 17.3 Å². The fourth-order valence-corrected chi connectivity index (χ4v) is 2.19. The molecule has 1 heterocycles. The predicted molar refractivity (Wildman–Crippen MR) is 78.4 cm³/mol. The highest BCUT2D eigenvalue weighted by Gasteiger charge is 2.20. The van der Waals surface area contributed by atoms with Gasteiger partial charge in [0.25, 0.3) is 0 Å². The summed E-state index contributed by atoms with van der Waals surface area (Å²) in [7, 11) is 0. The van der Waals surface area contributed by atoms with Crippen molar-refractivity contribution in [3.63, 3.8) is 0 Å². The fraction of sp³-hybridized carbons (Fsp3) is 0. The Balaban J connectivity index is 2.59. The largest absolute Gasteiger partial charge is 0.504 e. The highest BCUT2D eigenvalue weighted by atomic mass is 32.1. The molecule has 0 radical (unpaired) electrons. The number of ketones is 1. The van der Waals surface area contributed by atoms with Gasteiger partial charge in [-0.2, -0.15) is 5.26 Å². The maximum absolute atomic E-state index is 12.1. The first-order valence-corrected chi connectivity index (χ1v) is 6.66. The Hall–Kier alpha value is -3.25. The number of aromatic hydroxyl groups is 2. The number of hydrogen-bond acceptors (Lipinski definition) is 9. The zero-order valence-corrected chi connectivity index (χ0v) is 11.7. The average Bonchev–Trinajstić information content (AvgIpc) is 3.04. The molecular weight excluding hydrogens is 308 g/mol. The predicted octanol–water partition coefficient (Wildman–Crippen LogP) is 2.03. The smallest absolute Gasteiger partial charge is 0.224 e. The van der Waals surface area contributed by atoms with Crippen molar-refractivity contribution in [1.82, 2.24) is 4.98 Å². The van der Waals surface area contributed by atoms with Gasteiger partial charge in [0.15, 0.2) is 17.2 Å². The summed E-state index contributed by atoms with van der Waals surface area (Å²) < 4.78 is 0. The molecule has 0 saturated heterocycles. The fourth-order valence-electron chi connectivity index (χ4n) is 1.66. The lowest BCUT2D eigenvalue weighted by Gasteiger charge is -2.07. The van der Waals surface area contributed by atoms with Crippen LogP contribution in [0.3, 0.4) is 0 Å². The molecule has 1 aromatic carbocycles. The number of Topliss-reactive ketones (excluding diaryl/α,β-unsaturated/α-hetero) is 1. The highest BCUT2D eigenvalue weighted by molar-refractivity contribution is 7.07. The third-order valence-corrected chi connectivity index (χ3v) is 3.34. The Morgan fingerprint density at radius 3 is 2.68 bits per heavy atom. The van der Waals surface area contributed by atoms with Gasteiger partial charge in [-0.15, -0.1) is 16.2 Å². The number of rotatable bonds is 4. The van der Waals surface area contributed by atoms with Gasteiger partial charge in [0.1, 0.15) is 17.3 Å². The van der Waals surface area contributed by atoms with Gasteiger partial charge in [-0.1, -0.05) is 0 Å². The van der Waals surface area contributed by atoms with Crippen LogP contribution in [0.2, 0.25) is 0 Å². The molecule has 0 aliphatic rings. The molecule has 2 rings (SSSR count). The van der Waals surface area contributed by atoms with Crippen LogP contribution in [-0.2, 0) is 0 Å². The summed E-state index contributed by atoms with van der Waals surface area (Å²) >= 11 is 1.18. The van der Waals surface area contributed by atoms with Crippen LogP contribution in [0.25, 0.3) is 5.70 Å². The molecule has 110 valence electrons. The molecule has 0 unspecified atom stereocenters. The van der Waals surface area contributed by atoms with Crippen LogP contribution in [0.4, 0.5) is 5.69 Å². The number of benzene rings is 1. The van der Waals surface area contributed by atoms with E-state index in [1.807, 2.05) is 0 Å². The lowest BCUT2D eigenvalue weighted by atomic mass is 10.0. The van der Waals surface area contributed by atoms with Crippen molar-refractivity contribution in [1.29, 1.82) is 5.26 Å². The molecule has 22 heavy (non-hydrogen) atoms. The summed E-state index contributed by atoms with van der Waals surface area (Å²) in [6, 6.07) is 3.75. The molecule has 4 N–H and O–H groups in total. The van der Waals surface area contributed by atoms with Crippen LogP contribution in [0, 0.1) is 16.2 Å². The monoisotopic (exact) mass is 316 g/mol. The van der Waals surface area contributed by atoms with Gasteiger partial charge in [0.2, 0.25) is 5.78 Å². The topological polar surface area (TPSA) is 150 Å². The maximum atomic E-state index is 12.1. The van der Waals surface area contributed by atoms with Crippen LogP contribution in [0.15, 0.2) is 33.8 Å². The Morgan fingerprint density at radius 2 is 2.14 bits per heavy atom. The first-order valence-electron chi connectivity index (χ1n) is 5.72. The number of nitriles is 1. The molecular formula is C13H8N4O4S. The molecule has 8 nitrogen and oxygen atoms in total. The second kappa shape index (κ2) is 6.02. The Bertz CT molecular complexity index is 821. The summed E-state index contributed by atoms with van der Waals surface area (Å²) in [6.07, 6.45) is 0. The minimum absolute atomic E-state index is 0.00466. The Labute approximate surface area is 127 Å². The molecule has 0 saturated carbocycles. The van der Waals surface area contributed by atoms with E-state index in [-0.39, 0.29) is 17.0 Å². The molecule has 9 heteroatoms. The first kappa shape index (κ1) is 15.1. The molecule has 0 aliphatic heterocycles. The molecule has 0 amide bonds. The number of nitroso groups, excluding NO2 is 1. The van der Waals surface area contributed by atoms with Crippen molar-refractivity contribution >= 4 is 28.5 Å². The van der Waals surface area contributed by atoms with E-state index in [0.29, 0.717) is 0 Å². The van der Waals surface area contributed by atoms with Crippen molar-refractivity contribution in [2.45, 2.75) is 0 Å². The summed E-state index contributed by atoms with van der Waals surface area (Å²) in [5, 5.41) is 32.1. The number of allylic oxidation sites excluding steroid dienone is 1. The average molecular weight is 316 g/mol. The van der Waals surface area contributed by atoms with Crippen LogP contribution < -0.4 is 5.73 Å². The van der Waals surface area contributed by atoms with Gasteiger partial charge in [0, 0.05) is 10.9 Å². The molecule has 2 aromatic rings.